The van der Waals surface area contributed by atoms with Crippen molar-refractivity contribution in [1.29, 1.82) is 0 Å². The molecule has 0 radical (unpaired) electrons. The summed E-state index contributed by atoms with van der Waals surface area (Å²) in [5, 5.41) is 3.68. The maximum atomic E-state index is 11.3. The van der Waals surface area contributed by atoms with Crippen LogP contribution >= 0.6 is 27.5 Å². The van der Waals surface area contributed by atoms with E-state index < -0.39 is 5.97 Å². The molecule has 0 saturated heterocycles. The molecule has 0 fully saturated rings. The Balaban J connectivity index is 3.21. The van der Waals surface area contributed by atoms with Crippen molar-refractivity contribution in [3.05, 3.63) is 49.4 Å². The van der Waals surface area contributed by atoms with Gasteiger partial charge in [0.05, 0.1) is 7.11 Å². The Morgan fingerprint density at radius 2 is 2.35 bits per heavy atom. The van der Waals surface area contributed by atoms with Crippen molar-refractivity contribution in [1.82, 2.24) is 0 Å². The zero-order valence-electron chi connectivity index (χ0n) is 8.72. The number of methoxy groups -OCH3 is 1. The molecule has 0 aliphatic carbocycles. The topological polar surface area (TPSA) is 75.1 Å². The summed E-state index contributed by atoms with van der Waals surface area (Å²) >= 11 is 9.22. The van der Waals surface area contributed by atoms with Crippen LogP contribution in [0.1, 0.15) is 5.56 Å². The van der Waals surface area contributed by atoms with E-state index in [2.05, 4.69) is 30.7 Å². The number of nitrogens with zero attached hydrogens (tertiary/aromatic N) is 3. The van der Waals surface area contributed by atoms with Crippen LogP contribution in [0.15, 0.2) is 33.5 Å². The maximum absolute atomic E-state index is 11.3. The van der Waals surface area contributed by atoms with Gasteiger partial charge in [0.15, 0.2) is 0 Å². The number of ether oxygens (including phenoxy) is 1. The standard InChI is InChI=1S/C10H7BrClN3O2/c1-17-10(16)9(14-15-13)4-6-2-3-7(11)5-8(6)12/h2-5H,1H3/b9-4-. The predicted molar refractivity (Wildman–Crippen MR) is 68.3 cm³/mol. The largest absolute Gasteiger partial charge is 0.466 e. The number of hydrogen-bond acceptors (Lipinski definition) is 3. The summed E-state index contributed by atoms with van der Waals surface area (Å²) in [5.74, 6) is -0.721. The number of azide groups is 1. The number of hydrogen-bond donors (Lipinski definition) is 0. The zero-order chi connectivity index (χ0) is 12.8. The van der Waals surface area contributed by atoms with Gasteiger partial charge in [-0.1, -0.05) is 38.7 Å². The fourth-order valence-corrected chi connectivity index (χ4v) is 1.78. The molecule has 0 spiro atoms. The highest BCUT2D eigenvalue weighted by molar-refractivity contribution is 9.10. The van der Waals surface area contributed by atoms with E-state index in [9.17, 15) is 4.79 Å². The lowest BCUT2D eigenvalue weighted by molar-refractivity contribution is -0.136. The third-order valence-electron chi connectivity index (χ3n) is 1.80. The Bertz CT molecular complexity index is 524. The van der Waals surface area contributed by atoms with E-state index in [0.717, 1.165) is 4.47 Å². The third kappa shape index (κ3) is 3.78. The molecule has 1 aromatic carbocycles. The van der Waals surface area contributed by atoms with Gasteiger partial charge in [-0.05, 0) is 29.3 Å². The molecule has 0 aliphatic rings. The van der Waals surface area contributed by atoms with Crippen LogP contribution in [0, 0.1) is 0 Å². The molecule has 0 aliphatic heterocycles. The van der Waals surface area contributed by atoms with Crippen LogP contribution in [0.3, 0.4) is 0 Å². The lowest BCUT2D eigenvalue weighted by Crippen LogP contribution is -2.01. The van der Waals surface area contributed by atoms with Gasteiger partial charge < -0.3 is 4.74 Å². The van der Waals surface area contributed by atoms with Crippen molar-refractivity contribution in [2.75, 3.05) is 7.11 Å². The van der Waals surface area contributed by atoms with E-state index in [1.54, 1.807) is 18.2 Å². The van der Waals surface area contributed by atoms with Gasteiger partial charge in [-0.15, -0.1) is 0 Å². The first-order chi connectivity index (χ1) is 8.08. The zero-order valence-corrected chi connectivity index (χ0v) is 11.1. The molecule has 1 rings (SSSR count). The summed E-state index contributed by atoms with van der Waals surface area (Å²) in [6.45, 7) is 0. The van der Waals surface area contributed by atoms with Crippen LogP contribution in [0.4, 0.5) is 0 Å². The van der Waals surface area contributed by atoms with E-state index >= 15 is 0 Å². The van der Waals surface area contributed by atoms with E-state index in [-0.39, 0.29) is 5.70 Å². The van der Waals surface area contributed by atoms with Crippen LogP contribution in [0.25, 0.3) is 16.5 Å². The van der Waals surface area contributed by atoms with Gasteiger partial charge in [0.2, 0.25) is 0 Å². The minimum Gasteiger partial charge on any atom is -0.466 e. The first kappa shape index (κ1) is 13.6. The Labute approximate surface area is 111 Å². The molecule has 17 heavy (non-hydrogen) atoms. The van der Waals surface area contributed by atoms with Crippen molar-refractivity contribution in [3.63, 3.8) is 0 Å². The molecule has 0 amide bonds. The van der Waals surface area contributed by atoms with Crippen molar-refractivity contribution >= 4 is 39.6 Å². The fourth-order valence-electron chi connectivity index (χ4n) is 1.05. The van der Waals surface area contributed by atoms with Crippen molar-refractivity contribution in [3.8, 4) is 0 Å². The Morgan fingerprint density at radius 1 is 1.65 bits per heavy atom. The summed E-state index contributed by atoms with van der Waals surface area (Å²) < 4.78 is 5.28. The lowest BCUT2D eigenvalue weighted by atomic mass is 10.2. The SMILES string of the molecule is COC(=O)/C(=C/c1ccc(Br)cc1Cl)N=[N+]=[N-]. The first-order valence-electron chi connectivity index (χ1n) is 4.38. The quantitative estimate of drug-likeness (QED) is 0.278. The van der Waals surface area contributed by atoms with E-state index in [1.807, 2.05) is 0 Å². The minimum absolute atomic E-state index is 0.153. The van der Waals surface area contributed by atoms with Crippen LogP contribution in [0.2, 0.25) is 5.02 Å². The predicted octanol–water partition coefficient (Wildman–Crippen LogP) is 3.93. The molecule has 0 unspecified atom stereocenters. The normalized spacial score (nSPS) is 10.6. The molecular formula is C10H7BrClN3O2. The Hall–Kier alpha value is -1.49. The van der Waals surface area contributed by atoms with Gasteiger partial charge in [-0.3, -0.25) is 0 Å². The van der Waals surface area contributed by atoms with Crippen LogP contribution < -0.4 is 0 Å². The van der Waals surface area contributed by atoms with Gasteiger partial charge in [0.1, 0.15) is 5.70 Å². The number of benzene rings is 1. The monoisotopic (exact) mass is 315 g/mol. The number of carbonyl (C=O) groups excluding carboxylic acids is 1. The molecular weight excluding hydrogens is 309 g/mol. The smallest absolute Gasteiger partial charge is 0.340 e. The molecule has 7 heteroatoms. The van der Waals surface area contributed by atoms with Gasteiger partial charge in [-0.25, -0.2) is 4.79 Å². The van der Waals surface area contributed by atoms with E-state index in [4.69, 9.17) is 17.1 Å². The minimum atomic E-state index is -0.721. The van der Waals surface area contributed by atoms with Crippen LogP contribution in [0.5, 0.6) is 0 Å². The molecule has 0 aromatic heterocycles. The average Bonchev–Trinajstić information content (AvgIpc) is 2.30. The molecule has 0 saturated carbocycles. The third-order valence-corrected chi connectivity index (χ3v) is 2.62. The second-order valence-corrected chi connectivity index (χ2v) is 4.20. The molecule has 5 nitrogen and oxygen atoms in total. The van der Waals surface area contributed by atoms with Gasteiger partial charge in [0, 0.05) is 14.4 Å². The van der Waals surface area contributed by atoms with Gasteiger partial charge in [-0.2, -0.15) is 0 Å². The highest BCUT2D eigenvalue weighted by atomic mass is 79.9. The summed E-state index contributed by atoms with van der Waals surface area (Å²) in [7, 11) is 1.20. The highest BCUT2D eigenvalue weighted by Crippen LogP contribution is 2.23. The van der Waals surface area contributed by atoms with Crippen molar-refractivity contribution in [2.45, 2.75) is 0 Å². The maximum Gasteiger partial charge on any atom is 0.340 e. The number of carbonyl (C=O) groups is 1. The molecule has 1 aromatic rings. The van der Waals surface area contributed by atoms with E-state index in [1.165, 1.54) is 13.2 Å². The number of rotatable bonds is 3. The Morgan fingerprint density at radius 3 is 2.88 bits per heavy atom. The Kier molecular flexibility index (Phi) is 5.03. The van der Waals surface area contributed by atoms with Gasteiger partial charge >= 0.3 is 5.97 Å². The summed E-state index contributed by atoms with van der Waals surface area (Å²) in [6, 6.07) is 5.10. The van der Waals surface area contributed by atoms with Crippen LogP contribution in [-0.2, 0) is 9.53 Å². The molecule has 0 bridgehead atoms. The van der Waals surface area contributed by atoms with Crippen molar-refractivity contribution in [2.24, 2.45) is 5.11 Å². The fraction of sp³-hybridized carbons (Fsp3) is 0.100. The average molecular weight is 317 g/mol. The summed E-state index contributed by atoms with van der Waals surface area (Å²) in [6.07, 6.45) is 1.36. The molecule has 88 valence electrons. The molecule has 0 atom stereocenters. The molecule has 0 heterocycles. The number of halogens is 2. The summed E-state index contributed by atoms with van der Waals surface area (Å²) in [5.41, 5.74) is 8.75. The van der Waals surface area contributed by atoms with Crippen molar-refractivity contribution < 1.29 is 9.53 Å². The second-order valence-electron chi connectivity index (χ2n) is 2.88. The lowest BCUT2D eigenvalue weighted by Gasteiger charge is -2.01. The first-order valence-corrected chi connectivity index (χ1v) is 5.55. The van der Waals surface area contributed by atoms with E-state index in [0.29, 0.717) is 10.6 Å². The second kappa shape index (κ2) is 6.30. The molecule has 0 N–H and O–H groups in total. The van der Waals surface area contributed by atoms with Gasteiger partial charge in [0.25, 0.3) is 0 Å². The van der Waals surface area contributed by atoms with Crippen LogP contribution in [-0.4, -0.2) is 13.1 Å². The highest BCUT2D eigenvalue weighted by Gasteiger charge is 2.08. The summed E-state index contributed by atoms with van der Waals surface area (Å²) in [4.78, 5) is 13.8. The number of esters is 1.